The Morgan fingerprint density at radius 2 is 1.43 bits per heavy atom. The summed E-state index contributed by atoms with van der Waals surface area (Å²) in [7, 11) is 0. The highest BCUT2D eigenvalue weighted by Gasteiger charge is 2.26. The van der Waals surface area contributed by atoms with Crippen LogP contribution >= 0.6 is 0 Å². The Kier molecular flexibility index (Phi) is 6.41. The van der Waals surface area contributed by atoms with Crippen molar-refractivity contribution < 1.29 is 4.42 Å². The van der Waals surface area contributed by atoms with E-state index in [1.165, 1.54) is 5.57 Å². The molecule has 4 aliphatic rings. The lowest BCUT2D eigenvalue weighted by Crippen LogP contribution is -2.14. The summed E-state index contributed by atoms with van der Waals surface area (Å²) in [6.45, 7) is 0. The smallest absolute Gasteiger partial charge is 0.164 e. The molecule has 232 valence electrons. The zero-order chi connectivity index (χ0) is 32.3. The van der Waals surface area contributed by atoms with E-state index in [0.717, 1.165) is 67.0 Å². The third-order valence-corrected chi connectivity index (χ3v) is 10.2. The van der Waals surface area contributed by atoms with Crippen molar-refractivity contribution in [3.05, 3.63) is 175 Å². The van der Waals surface area contributed by atoms with Crippen molar-refractivity contribution in [2.45, 2.75) is 6.42 Å². The number of furan rings is 1. The Balaban J connectivity index is 1.24. The quantitative estimate of drug-likeness (QED) is 0.195. The van der Waals surface area contributed by atoms with Gasteiger partial charge in [0, 0.05) is 45.0 Å². The molecule has 6 aromatic rings. The molecule has 4 nitrogen and oxygen atoms in total. The SMILES string of the molecule is C1=CC2=CC=C(c3nc(C4=CC5C=CC=CC5C=C4)nc(-c4cc5cccc(-c6ccccc6)c5c5oc6ccccc6c45)n3)CC2C=C1. The molecule has 0 spiro atoms. The number of benzene rings is 4. The van der Waals surface area contributed by atoms with Crippen LogP contribution in [-0.2, 0) is 0 Å². The molecule has 0 N–H and O–H groups in total. The molecule has 4 aliphatic carbocycles. The Morgan fingerprint density at radius 1 is 0.612 bits per heavy atom. The lowest BCUT2D eigenvalue weighted by molar-refractivity contribution is 0.662. The van der Waals surface area contributed by atoms with Gasteiger partial charge in [0.2, 0.25) is 0 Å². The van der Waals surface area contributed by atoms with Crippen molar-refractivity contribution in [3.63, 3.8) is 0 Å². The maximum Gasteiger partial charge on any atom is 0.164 e. The molecule has 10 rings (SSSR count). The molecule has 0 saturated carbocycles. The highest BCUT2D eigenvalue weighted by atomic mass is 16.3. The molecule has 4 aromatic carbocycles. The van der Waals surface area contributed by atoms with Crippen LogP contribution in [0.4, 0.5) is 0 Å². The molecular formula is C45H31N3O. The van der Waals surface area contributed by atoms with Gasteiger partial charge < -0.3 is 4.42 Å². The lowest BCUT2D eigenvalue weighted by Gasteiger charge is -2.24. The van der Waals surface area contributed by atoms with Crippen molar-refractivity contribution in [3.8, 4) is 22.5 Å². The molecule has 2 heterocycles. The van der Waals surface area contributed by atoms with E-state index in [1.807, 2.05) is 12.1 Å². The predicted molar refractivity (Wildman–Crippen MR) is 200 cm³/mol. The van der Waals surface area contributed by atoms with Crippen molar-refractivity contribution >= 4 is 43.9 Å². The topological polar surface area (TPSA) is 51.8 Å². The van der Waals surface area contributed by atoms with Crippen LogP contribution in [0.15, 0.2) is 168 Å². The first-order valence-electron chi connectivity index (χ1n) is 17.0. The second kappa shape index (κ2) is 11.2. The van der Waals surface area contributed by atoms with Crippen LogP contribution in [0.3, 0.4) is 0 Å². The van der Waals surface area contributed by atoms with Crippen LogP contribution < -0.4 is 0 Å². The maximum atomic E-state index is 6.76. The van der Waals surface area contributed by atoms with Crippen molar-refractivity contribution in [2.75, 3.05) is 0 Å². The van der Waals surface area contributed by atoms with Gasteiger partial charge >= 0.3 is 0 Å². The highest BCUT2D eigenvalue weighted by Crippen LogP contribution is 2.44. The average molecular weight is 630 g/mol. The molecule has 49 heavy (non-hydrogen) atoms. The summed E-state index contributed by atoms with van der Waals surface area (Å²) >= 11 is 0. The second-order valence-corrected chi connectivity index (χ2v) is 13.1. The zero-order valence-corrected chi connectivity index (χ0v) is 26.7. The summed E-state index contributed by atoms with van der Waals surface area (Å²) < 4.78 is 6.76. The summed E-state index contributed by atoms with van der Waals surface area (Å²) in [4.78, 5) is 15.7. The minimum atomic E-state index is 0.272. The largest absolute Gasteiger partial charge is 0.455 e. The molecule has 2 aromatic heterocycles. The summed E-state index contributed by atoms with van der Waals surface area (Å²) in [5, 5.41) is 4.23. The van der Waals surface area contributed by atoms with Crippen LogP contribution in [-0.4, -0.2) is 15.0 Å². The van der Waals surface area contributed by atoms with Gasteiger partial charge in [-0.25, -0.2) is 15.0 Å². The van der Waals surface area contributed by atoms with Gasteiger partial charge in [0.25, 0.3) is 0 Å². The standard InChI is InChI=1S/C45H31N3O/c1-2-13-30(14-3-1)36-19-10-17-33-27-38(41-37-18-8-9-20-39(37)49-42(41)40(33)36)45-47-43(34-23-21-28-11-4-6-15-31(28)25-34)46-44(48-45)35-24-22-29-12-5-7-16-32(29)26-35/h1-25,27-28,31-32H,26H2. The monoisotopic (exact) mass is 629 g/mol. The van der Waals surface area contributed by atoms with Gasteiger partial charge in [-0.2, -0.15) is 0 Å². The van der Waals surface area contributed by atoms with E-state index in [4.69, 9.17) is 19.4 Å². The summed E-state index contributed by atoms with van der Waals surface area (Å²) in [5.74, 6) is 2.98. The summed E-state index contributed by atoms with van der Waals surface area (Å²) in [6.07, 6.45) is 29.4. The minimum absolute atomic E-state index is 0.272. The number of para-hydroxylation sites is 1. The van der Waals surface area contributed by atoms with E-state index in [-0.39, 0.29) is 5.92 Å². The van der Waals surface area contributed by atoms with Gasteiger partial charge in [-0.05, 0) is 46.2 Å². The number of aromatic nitrogens is 3. The summed E-state index contributed by atoms with van der Waals surface area (Å²) in [6, 6.07) is 27.5. The number of hydrogen-bond donors (Lipinski definition) is 0. The van der Waals surface area contributed by atoms with E-state index in [1.54, 1.807) is 0 Å². The van der Waals surface area contributed by atoms with E-state index in [2.05, 4.69) is 146 Å². The Bertz CT molecular complexity index is 2590. The van der Waals surface area contributed by atoms with Crippen LogP contribution in [0.2, 0.25) is 0 Å². The number of fused-ring (bicyclic) bond motifs is 7. The molecule has 0 bridgehead atoms. The third kappa shape index (κ3) is 4.71. The van der Waals surface area contributed by atoms with Crippen LogP contribution in [0.1, 0.15) is 18.1 Å². The van der Waals surface area contributed by atoms with Gasteiger partial charge in [-0.1, -0.05) is 146 Å². The van der Waals surface area contributed by atoms with Crippen molar-refractivity contribution in [1.29, 1.82) is 0 Å². The van der Waals surface area contributed by atoms with Gasteiger partial charge in [0.05, 0.1) is 0 Å². The van der Waals surface area contributed by atoms with Gasteiger partial charge in [0.1, 0.15) is 11.2 Å². The van der Waals surface area contributed by atoms with E-state index >= 15 is 0 Å². The molecule has 3 atom stereocenters. The van der Waals surface area contributed by atoms with E-state index in [9.17, 15) is 0 Å². The highest BCUT2D eigenvalue weighted by molar-refractivity contribution is 6.23. The fourth-order valence-corrected chi connectivity index (χ4v) is 7.72. The average Bonchev–Trinajstić information content (AvgIpc) is 3.57. The van der Waals surface area contributed by atoms with Crippen molar-refractivity contribution in [1.82, 2.24) is 15.0 Å². The molecule has 4 heteroatoms. The molecule has 0 fully saturated rings. The first kappa shape index (κ1) is 27.9. The first-order chi connectivity index (χ1) is 24.3. The third-order valence-electron chi connectivity index (χ3n) is 10.2. The zero-order valence-electron chi connectivity index (χ0n) is 26.7. The van der Waals surface area contributed by atoms with E-state index in [0.29, 0.717) is 29.3 Å². The van der Waals surface area contributed by atoms with Gasteiger partial charge in [0.15, 0.2) is 17.5 Å². The maximum absolute atomic E-state index is 6.76. The Labute approximate surface area is 284 Å². The minimum Gasteiger partial charge on any atom is -0.455 e. The number of allylic oxidation sites excluding steroid dienone is 16. The lowest BCUT2D eigenvalue weighted by atomic mass is 9.83. The predicted octanol–water partition coefficient (Wildman–Crippen LogP) is 11.0. The number of nitrogens with zero attached hydrogens (tertiary/aromatic N) is 3. The molecule has 3 unspecified atom stereocenters. The molecule has 0 saturated heterocycles. The Morgan fingerprint density at radius 3 is 2.37 bits per heavy atom. The van der Waals surface area contributed by atoms with Crippen LogP contribution in [0.25, 0.3) is 66.4 Å². The molecule has 0 aliphatic heterocycles. The van der Waals surface area contributed by atoms with Crippen LogP contribution in [0, 0.1) is 17.8 Å². The second-order valence-electron chi connectivity index (χ2n) is 13.1. The van der Waals surface area contributed by atoms with Crippen LogP contribution in [0.5, 0.6) is 0 Å². The normalized spacial score (nSPS) is 20.7. The molecule has 0 amide bonds. The number of hydrogen-bond acceptors (Lipinski definition) is 4. The van der Waals surface area contributed by atoms with Gasteiger partial charge in [-0.15, -0.1) is 0 Å². The van der Waals surface area contributed by atoms with E-state index < -0.39 is 0 Å². The van der Waals surface area contributed by atoms with Crippen molar-refractivity contribution in [2.24, 2.45) is 17.8 Å². The fraction of sp³-hybridized carbons (Fsp3) is 0.0889. The first-order valence-corrected chi connectivity index (χ1v) is 17.0. The fourth-order valence-electron chi connectivity index (χ4n) is 7.72. The van der Waals surface area contributed by atoms with Gasteiger partial charge in [-0.3, -0.25) is 0 Å². The molecular weight excluding hydrogens is 599 g/mol. The molecule has 0 radical (unpaired) electrons. The number of rotatable bonds is 4. The Hall–Kier alpha value is -6.13. The summed E-state index contributed by atoms with van der Waals surface area (Å²) in [5.41, 5.74) is 8.35.